The molecule has 6 rings (SSSR count). The van der Waals surface area contributed by atoms with Gasteiger partial charge in [-0.25, -0.2) is 28.1 Å². The molecule has 222 valence electrons. The van der Waals surface area contributed by atoms with Crippen LogP contribution in [0.3, 0.4) is 0 Å². The van der Waals surface area contributed by atoms with Crippen LogP contribution < -0.4 is 10.6 Å². The van der Waals surface area contributed by atoms with Crippen molar-refractivity contribution in [2.75, 3.05) is 10.6 Å². The predicted molar refractivity (Wildman–Crippen MR) is 152 cm³/mol. The molecular weight excluding hydrogens is 568 g/mol. The van der Waals surface area contributed by atoms with E-state index in [9.17, 15) is 22.3 Å². The number of aliphatic hydroxyl groups excluding tert-OH is 1. The molecule has 4 heterocycles. The van der Waals surface area contributed by atoms with Gasteiger partial charge in [-0.3, -0.25) is 0 Å². The average Bonchev–Trinajstić information content (AvgIpc) is 3.48. The minimum atomic E-state index is -3.51. The Kier molecular flexibility index (Phi) is 7.17. The van der Waals surface area contributed by atoms with Crippen molar-refractivity contribution in [1.82, 2.24) is 33.9 Å². The smallest absolute Gasteiger partial charge is 0.333 e. The van der Waals surface area contributed by atoms with E-state index in [1.807, 2.05) is 13.8 Å². The molecule has 2 aliphatic carbocycles. The van der Waals surface area contributed by atoms with E-state index < -0.39 is 27.9 Å². The van der Waals surface area contributed by atoms with Gasteiger partial charge in [-0.1, -0.05) is 13.8 Å². The van der Waals surface area contributed by atoms with E-state index >= 15 is 0 Å². The molecule has 0 aromatic carbocycles. The van der Waals surface area contributed by atoms with Crippen LogP contribution in [0.4, 0.5) is 26.1 Å². The normalized spacial score (nSPS) is 20.5. The number of hydrogen-bond acceptors (Lipinski definition) is 10. The minimum absolute atomic E-state index is 0.0312. The molecule has 0 radical (unpaired) electrons. The van der Waals surface area contributed by atoms with Crippen LogP contribution in [0.1, 0.15) is 52.5 Å². The molecule has 2 aliphatic rings. The zero-order valence-electron chi connectivity index (χ0n) is 23.0. The highest BCUT2D eigenvalue weighted by molar-refractivity contribution is 7.90. The number of halogens is 2. The highest BCUT2D eigenvalue weighted by atomic mass is 32.2. The lowest BCUT2D eigenvalue weighted by Gasteiger charge is -2.40. The third-order valence-electron chi connectivity index (χ3n) is 7.75. The Morgan fingerprint density at radius 2 is 1.90 bits per heavy atom. The lowest BCUT2D eigenvalue weighted by atomic mass is 9.73. The number of anilines is 3. The highest BCUT2D eigenvalue weighted by Crippen LogP contribution is 2.39. The van der Waals surface area contributed by atoms with Crippen LogP contribution in [0.5, 0.6) is 0 Å². The molecule has 2 saturated carbocycles. The Balaban J connectivity index is 1.27. The number of aromatic nitrogens is 7. The van der Waals surface area contributed by atoms with Gasteiger partial charge in [0.15, 0.2) is 5.82 Å². The third-order valence-corrected chi connectivity index (χ3v) is 9.78. The summed E-state index contributed by atoms with van der Waals surface area (Å²) in [5.74, 6) is 1.13. The van der Waals surface area contributed by atoms with E-state index in [4.69, 9.17) is 0 Å². The molecule has 4 aromatic heterocycles. The minimum Gasteiger partial charge on any atom is -0.393 e. The molecule has 4 aromatic rings. The van der Waals surface area contributed by atoms with Crippen molar-refractivity contribution in [2.24, 2.45) is 5.41 Å². The maximum absolute atomic E-state index is 13.2. The van der Waals surface area contributed by atoms with Crippen LogP contribution in [0.25, 0.3) is 22.6 Å². The van der Waals surface area contributed by atoms with Gasteiger partial charge in [-0.05, 0) is 49.7 Å². The van der Waals surface area contributed by atoms with E-state index in [0.717, 1.165) is 10.5 Å². The molecule has 2 fully saturated rings. The Labute approximate surface area is 241 Å². The number of rotatable bonds is 9. The fraction of sp³-hybridized carbons (Fsp3) is 0.444. The lowest BCUT2D eigenvalue weighted by molar-refractivity contribution is 0.00931. The zero-order chi connectivity index (χ0) is 29.6. The summed E-state index contributed by atoms with van der Waals surface area (Å²) in [7, 11) is -3.51. The third kappa shape index (κ3) is 5.70. The van der Waals surface area contributed by atoms with Gasteiger partial charge < -0.3 is 15.7 Å². The van der Waals surface area contributed by atoms with Crippen molar-refractivity contribution < 1.29 is 22.3 Å². The molecule has 2 unspecified atom stereocenters. The molecule has 42 heavy (non-hydrogen) atoms. The Bertz CT molecular complexity index is 1700. The molecule has 0 spiro atoms. The number of aliphatic hydroxyl groups is 1. The van der Waals surface area contributed by atoms with Gasteiger partial charge in [0.05, 0.1) is 35.0 Å². The summed E-state index contributed by atoms with van der Waals surface area (Å²) in [6.45, 7) is 1.28. The zero-order valence-corrected chi connectivity index (χ0v) is 23.8. The summed E-state index contributed by atoms with van der Waals surface area (Å²) in [5.41, 5.74) is 1.70. The maximum atomic E-state index is 13.2. The summed E-state index contributed by atoms with van der Waals surface area (Å²) in [5, 5.41) is 24.7. The van der Waals surface area contributed by atoms with Crippen LogP contribution in [-0.4, -0.2) is 64.8 Å². The summed E-state index contributed by atoms with van der Waals surface area (Å²) in [6, 6.07) is 4.95. The molecule has 0 bridgehead atoms. The first-order valence-corrected chi connectivity index (χ1v) is 15.2. The Morgan fingerprint density at radius 3 is 2.62 bits per heavy atom. The molecule has 0 saturated heterocycles. The second-order valence-electron chi connectivity index (χ2n) is 11.4. The average molecular weight is 600 g/mol. The summed E-state index contributed by atoms with van der Waals surface area (Å²) < 4.78 is 53.1. The van der Waals surface area contributed by atoms with E-state index in [-0.39, 0.29) is 17.3 Å². The number of alkyl halides is 2. The molecule has 0 aliphatic heterocycles. The molecule has 15 heteroatoms. The number of pyridine rings is 1. The van der Waals surface area contributed by atoms with Gasteiger partial charge in [-0.2, -0.15) is 23.1 Å². The van der Waals surface area contributed by atoms with E-state index in [0.29, 0.717) is 64.5 Å². The topological polar surface area (TPSA) is 153 Å². The summed E-state index contributed by atoms with van der Waals surface area (Å²) >= 11 is 0. The Hall–Kier alpha value is -3.98. The van der Waals surface area contributed by atoms with Crippen molar-refractivity contribution in [3.05, 3.63) is 49.2 Å². The molecule has 0 amide bonds. The van der Waals surface area contributed by atoms with Gasteiger partial charge >= 0.3 is 6.55 Å². The van der Waals surface area contributed by atoms with Crippen molar-refractivity contribution >= 4 is 27.3 Å². The van der Waals surface area contributed by atoms with Crippen LogP contribution >= 0.6 is 0 Å². The number of hydrogen-bond donors (Lipinski definition) is 3. The molecule has 2 atom stereocenters. The largest absolute Gasteiger partial charge is 0.393 e. The fourth-order valence-corrected chi connectivity index (χ4v) is 6.66. The van der Waals surface area contributed by atoms with E-state index in [1.165, 1.54) is 30.9 Å². The fourth-order valence-electron chi connectivity index (χ4n) is 5.18. The van der Waals surface area contributed by atoms with Gasteiger partial charge in [-0.15, -0.1) is 0 Å². The molecule has 3 N–H and O–H groups in total. The summed E-state index contributed by atoms with van der Waals surface area (Å²) in [6.07, 6.45) is 10.1. The van der Waals surface area contributed by atoms with Crippen molar-refractivity contribution in [3.63, 3.8) is 0 Å². The first-order chi connectivity index (χ1) is 20.0. The van der Waals surface area contributed by atoms with Gasteiger partial charge in [0.1, 0.15) is 11.6 Å². The first-order valence-electron chi connectivity index (χ1n) is 13.7. The van der Waals surface area contributed by atoms with Gasteiger partial charge in [0, 0.05) is 41.9 Å². The van der Waals surface area contributed by atoms with Crippen molar-refractivity contribution in [1.29, 1.82) is 0 Å². The first kappa shape index (κ1) is 28.2. The highest BCUT2D eigenvalue weighted by Gasteiger charge is 2.38. The van der Waals surface area contributed by atoms with Crippen LogP contribution in [0.2, 0.25) is 0 Å². The van der Waals surface area contributed by atoms with Crippen LogP contribution in [0.15, 0.2) is 49.2 Å². The Morgan fingerprint density at radius 1 is 1.10 bits per heavy atom. The molecular formula is C27H31F2N9O3S. The standard InChI is InChI=1S/C27H31F2N9O3S/c1-27(2)12-17(3-6-22(27)39)33-21-11-24(31-14-19(21)20-8-10-37(36-20)26(28)29)34-23-7-9-30-25(35-23)16-13-32-38(15-16)42(40,41)18-4-5-18/h7-11,13-15,17-18,22,26,39H,3-6,12H2,1-2H3,(H2,30,31,33,34,35). The second-order valence-corrected chi connectivity index (χ2v) is 13.5. The predicted octanol–water partition coefficient (Wildman–Crippen LogP) is 4.43. The second kappa shape index (κ2) is 10.7. The quantitative estimate of drug-likeness (QED) is 0.252. The molecule has 12 nitrogen and oxygen atoms in total. The summed E-state index contributed by atoms with van der Waals surface area (Å²) in [4.78, 5) is 13.3. The van der Waals surface area contributed by atoms with E-state index in [2.05, 4.69) is 35.8 Å². The maximum Gasteiger partial charge on any atom is 0.333 e. The number of nitrogens with one attached hydrogen (secondary N) is 2. The SMILES string of the molecule is CC1(C)CC(Nc2cc(Nc3ccnc(-c4cnn(S(=O)(=O)C5CC5)c4)n3)ncc2-c2ccn(C(F)F)n2)CCC1O. The van der Waals surface area contributed by atoms with Gasteiger partial charge in [0.2, 0.25) is 0 Å². The monoisotopic (exact) mass is 599 g/mol. The lowest BCUT2D eigenvalue weighted by Crippen LogP contribution is -2.41. The van der Waals surface area contributed by atoms with Crippen LogP contribution in [0, 0.1) is 5.41 Å². The number of nitrogens with zero attached hydrogens (tertiary/aromatic N) is 7. The van der Waals surface area contributed by atoms with Crippen molar-refractivity contribution in [2.45, 2.75) is 69.9 Å². The van der Waals surface area contributed by atoms with Crippen molar-refractivity contribution in [3.8, 4) is 22.6 Å². The van der Waals surface area contributed by atoms with E-state index in [1.54, 1.807) is 18.3 Å². The van der Waals surface area contributed by atoms with Crippen LogP contribution in [-0.2, 0) is 10.0 Å². The van der Waals surface area contributed by atoms with Gasteiger partial charge in [0.25, 0.3) is 10.0 Å².